The quantitative estimate of drug-likeness (QED) is 0.887. The van der Waals surface area contributed by atoms with Gasteiger partial charge in [-0.1, -0.05) is 36.4 Å². The zero-order chi connectivity index (χ0) is 16.0. The van der Waals surface area contributed by atoms with Gasteiger partial charge in [0.25, 0.3) is 0 Å². The Hall–Kier alpha value is -2.30. The van der Waals surface area contributed by atoms with Gasteiger partial charge in [0.15, 0.2) is 0 Å². The van der Waals surface area contributed by atoms with Gasteiger partial charge in [-0.3, -0.25) is 4.79 Å². The molecule has 1 aliphatic rings. The van der Waals surface area contributed by atoms with Crippen molar-refractivity contribution in [3.63, 3.8) is 0 Å². The molecule has 1 atom stereocenters. The zero-order valence-corrected chi connectivity index (χ0v) is 11.9. The Kier molecular flexibility index (Phi) is 3.24. The second-order valence-corrected chi connectivity index (χ2v) is 5.71. The van der Waals surface area contributed by atoms with E-state index in [-0.39, 0.29) is 11.6 Å². The smallest absolute Gasteiger partial charge is 0.325 e. The molecule has 1 aliphatic heterocycles. The number of hydrogen-bond acceptors (Lipinski definition) is 1. The van der Waals surface area contributed by atoms with Crippen LogP contribution in [0.1, 0.15) is 23.6 Å². The predicted molar refractivity (Wildman–Crippen MR) is 77.6 cm³/mol. The SMILES string of the molecule is CC1(Cc2ccccc2)C(=O)Nc2cc(C(F)(F)F)ccc21. The molecule has 0 saturated carbocycles. The highest BCUT2D eigenvalue weighted by molar-refractivity contribution is 6.06. The number of carbonyl (C=O) groups excluding carboxylic acids is 1. The Morgan fingerprint density at radius 2 is 1.77 bits per heavy atom. The summed E-state index contributed by atoms with van der Waals surface area (Å²) < 4.78 is 38.3. The second-order valence-electron chi connectivity index (χ2n) is 5.71. The average Bonchev–Trinajstić information content (AvgIpc) is 2.70. The number of fused-ring (bicyclic) bond motifs is 1. The first-order chi connectivity index (χ1) is 10.3. The van der Waals surface area contributed by atoms with Crippen LogP contribution in [0.5, 0.6) is 0 Å². The molecule has 0 aliphatic carbocycles. The largest absolute Gasteiger partial charge is 0.416 e. The summed E-state index contributed by atoms with van der Waals surface area (Å²) in [6.07, 6.45) is -3.98. The first-order valence-corrected chi connectivity index (χ1v) is 6.88. The number of carbonyl (C=O) groups is 1. The second kappa shape index (κ2) is 4.87. The molecule has 2 aromatic carbocycles. The van der Waals surface area contributed by atoms with E-state index in [0.717, 1.165) is 17.7 Å². The summed E-state index contributed by atoms with van der Waals surface area (Å²) in [5, 5.41) is 2.58. The Labute approximate surface area is 126 Å². The summed E-state index contributed by atoms with van der Waals surface area (Å²) in [6.45, 7) is 1.76. The van der Waals surface area contributed by atoms with Gasteiger partial charge < -0.3 is 5.32 Å². The first kappa shape index (κ1) is 14.6. The minimum atomic E-state index is -4.42. The number of amides is 1. The summed E-state index contributed by atoms with van der Waals surface area (Å²) in [5.41, 5.74) is 0.205. The number of rotatable bonds is 2. The number of halogens is 3. The van der Waals surface area contributed by atoms with E-state index in [9.17, 15) is 18.0 Å². The van der Waals surface area contributed by atoms with E-state index in [1.165, 1.54) is 6.07 Å². The third kappa shape index (κ3) is 2.36. The molecular formula is C17H14F3NO. The lowest BCUT2D eigenvalue weighted by Crippen LogP contribution is -2.33. The van der Waals surface area contributed by atoms with Crippen molar-refractivity contribution in [2.24, 2.45) is 0 Å². The number of anilines is 1. The van der Waals surface area contributed by atoms with Gasteiger partial charge in [-0.15, -0.1) is 0 Å². The molecule has 0 aromatic heterocycles. The van der Waals surface area contributed by atoms with Crippen molar-refractivity contribution in [2.75, 3.05) is 5.32 Å². The highest BCUT2D eigenvalue weighted by Crippen LogP contribution is 2.42. The van der Waals surface area contributed by atoms with Crippen LogP contribution in [-0.4, -0.2) is 5.91 Å². The highest BCUT2D eigenvalue weighted by atomic mass is 19.4. The summed E-state index contributed by atoms with van der Waals surface area (Å²) in [4.78, 5) is 12.3. The normalized spacial score (nSPS) is 20.6. The van der Waals surface area contributed by atoms with E-state index in [1.54, 1.807) is 6.92 Å². The van der Waals surface area contributed by atoms with Crippen LogP contribution in [0.3, 0.4) is 0 Å². The van der Waals surface area contributed by atoms with Gasteiger partial charge in [0.1, 0.15) is 0 Å². The topological polar surface area (TPSA) is 29.1 Å². The maximum absolute atomic E-state index is 12.8. The van der Waals surface area contributed by atoms with Crippen LogP contribution >= 0.6 is 0 Å². The fraction of sp³-hybridized carbons (Fsp3) is 0.235. The van der Waals surface area contributed by atoms with E-state index >= 15 is 0 Å². The van der Waals surface area contributed by atoms with E-state index < -0.39 is 17.2 Å². The van der Waals surface area contributed by atoms with Crippen LogP contribution < -0.4 is 5.32 Å². The Morgan fingerprint density at radius 1 is 1.09 bits per heavy atom. The minimum Gasteiger partial charge on any atom is -0.325 e. The molecule has 2 aromatic rings. The van der Waals surface area contributed by atoms with E-state index in [0.29, 0.717) is 12.0 Å². The molecular weight excluding hydrogens is 291 g/mol. The van der Waals surface area contributed by atoms with Gasteiger partial charge in [0.2, 0.25) is 5.91 Å². The summed E-state index contributed by atoms with van der Waals surface area (Å²) in [6, 6.07) is 12.9. The van der Waals surface area contributed by atoms with Gasteiger partial charge in [-0.25, -0.2) is 0 Å². The fourth-order valence-electron chi connectivity index (χ4n) is 2.87. The van der Waals surface area contributed by atoms with E-state index in [2.05, 4.69) is 5.32 Å². The van der Waals surface area contributed by atoms with Crippen LogP contribution in [0.4, 0.5) is 18.9 Å². The fourth-order valence-corrected chi connectivity index (χ4v) is 2.87. The lowest BCUT2D eigenvalue weighted by Gasteiger charge is -2.22. The lowest BCUT2D eigenvalue weighted by atomic mass is 9.78. The van der Waals surface area contributed by atoms with Crippen molar-refractivity contribution in [3.8, 4) is 0 Å². The van der Waals surface area contributed by atoms with Crippen molar-refractivity contribution in [2.45, 2.75) is 24.9 Å². The van der Waals surface area contributed by atoms with Crippen LogP contribution in [0.2, 0.25) is 0 Å². The molecule has 5 heteroatoms. The molecule has 0 spiro atoms. The van der Waals surface area contributed by atoms with Crippen molar-refractivity contribution in [3.05, 3.63) is 65.2 Å². The van der Waals surface area contributed by atoms with Crippen LogP contribution in [-0.2, 0) is 22.8 Å². The maximum atomic E-state index is 12.8. The molecule has 0 bridgehead atoms. The Morgan fingerprint density at radius 3 is 2.41 bits per heavy atom. The molecule has 114 valence electrons. The van der Waals surface area contributed by atoms with Gasteiger partial charge in [-0.05, 0) is 36.6 Å². The standard InChI is InChI=1S/C17H14F3NO/c1-16(10-11-5-3-2-4-6-11)13-8-7-12(17(18,19)20)9-14(13)21-15(16)22/h2-9H,10H2,1H3,(H,21,22). The van der Waals surface area contributed by atoms with Crippen LogP contribution in [0.15, 0.2) is 48.5 Å². The van der Waals surface area contributed by atoms with Gasteiger partial charge in [0.05, 0.1) is 11.0 Å². The van der Waals surface area contributed by atoms with Gasteiger partial charge in [0, 0.05) is 5.69 Å². The van der Waals surface area contributed by atoms with Crippen molar-refractivity contribution in [1.29, 1.82) is 0 Å². The third-order valence-corrected chi connectivity index (χ3v) is 4.09. The molecule has 3 rings (SSSR count). The minimum absolute atomic E-state index is 0.248. The van der Waals surface area contributed by atoms with Gasteiger partial charge in [-0.2, -0.15) is 13.2 Å². The number of benzene rings is 2. The average molecular weight is 305 g/mol. The summed E-state index contributed by atoms with van der Waals surface area (Å²) in [5.74, 6) is -0.273. The lowest BCUT2D eigenvalue weighted by molar-refractivity contribution is -0.137. The number of hydrogen-bond donors (Lipinski definition) is 1. The predicted octanol–water partition coefficient (Wildman–Crippen LogP) is 4.16. The van der Waals surface area contributed by atoms with Crippen molar-refractivity contribution < 1.29 is 18.0 Å². The van der Waals surface area contributed by atoms with E-state index in [1.807, 2.05) is 30.3 Å². The number of nitrogens with one attached hydrogen (secondary N) is 1. The molecule has 0 saturated heterocycles. The summed E-state index contributed by atoms with van der Waals surface area (Å²) >= 11 is 0. The molecule has 0 radical (unpaired) electrons. The van der Waals surface area contributed by atoms with Crippen LogP contribution in [0.25, 0.3) is 0 Å². The molecule has 2 nitrogen and oxygen atoms in total. The molecule has 0 fully saturated rings. The van der Waals surface area contributed by atoms with E-state index in [4.69, 9.17) is 0 Å². The Balaban J connectivity index is 2.01. The molecule has 22 heavy (non-hydrogen) atoms. The molecule has 1 unspecified atom stereocenters. The van der Waals surface area contributed by atoms with Crippen molar-refractivity contribution in [1.82, 2.24) is 0 Å². The van der Waals surface area contributed by atoms with Crippen molar-refractivity contribution >= 4 is 11.6 Å². The Bertz CT molecular complexity index is 724. The monoisotopic (exact) mass is 305 g/mol. The molecule has 1 amide bonds. The zero-order valence-electron chi connectivity index (χ0n) is 11.9. The first-order valence-electron chi connectivity index (χ1n) is 6.88. The third-order valence-electron chi connectivity index (χ3n) is 4.09. The maximum Gasteiger partial charge on any atom is 0.416 e. The number of alkyl halides is 3. The van der Waals surface area contributed by atoms with Gasteiger partial charge >= 0.3 is 6.18 Å². The summed E-state index contributed by atoms with van der Waals surface area (Å²) in [7, 11) is 0. The highest BCUT2D eigenvalue weighted by Gasteiger charge is 2.44. The molecule has 1 heterocycles. The molecule has 1 N–H and O–H groups in total. The van der Waals surface area contributed by atoms with Crippen LogP contribution in [0, 0.1) is 0 Å².